The summed E-state index contributed by atoms with van der Waals surface area (Å²) >= 11 is 6.11. The molecule has 0 aromatic heterocycles. The monoisotopic (exact) mass is 230 g/mol. The minimum absolute atomic E-state index is 0.465. The van der Waals surface area contributed by atoms with Gasteiger partial charge in [-0.2, -0.15) is 0 Å². The van der Waals surface area contributed by atoms with Crippen molar-refractivity contribution >= 4 is 11.6 Å². The standard InChI is InChI=1S/C14H27Cl/c1-3-4-5-6-7-8-11-14(2,12-15)13-9-10-13/h13H,3-12H2,1-2H3. The number of hydrogen-bond acceptors (Lipinski definition) is 0. The average molecular weight is 231 g/mol. The zero-order valence-electron chi connectivity index (χ0n) is 10.5. The molecule has 0 radical (unpaired) electrons. The van der Waals surface area contributed by atoms with Gasteiger partial charge < -0.3 is 0 Å². The molecule has 1 fully saturated rings. The van der Waals surface area contributed by atoms with Crippen molar-refractivity contribution in [1.29, 1.82) is 0 Å². The molecule has 0 N–H and O–H groups in total. The van der Waals surface area contributed by atoms with Crippen LogP contribution in [0.4, 0.5) is 0 Å². The highest BCUT2D eigenvalue weighted by atomic mass is 35.5. The Morgan fingerprint density at radius 3 is 2.20 bits per heavy atom. The van der Waals surface area contributed by atoms with Crippen molar-refractivity contribution in [3.63, 3.8) is 0 Å². The Morgan fingerprint density at radius 2 is 1.67 bits per heavy atom. The van der Waals surface area contributed by atoms with Gasteiger partial charge in [0.05, 0.1) is 0 Å². The SMILES string of the molecule is CCCCCCCCC(C)(CCl)C1CC1. The summed E-state index contributed by atoms with van der Waals surface area (Å²) < 4.78 is 0. The van der Waals surface area contributed by atoms with Gasteiger partial charge in [-0.1, -0.05) is 52.4 Å². The van der Waals surface area contributed by atoms with Crippen LogP contribution in [0.2, 0.25) is 0 Å². The van der Waals surface area contributed by atoms with E-state index in [4.69, 9.17) is 11.6 Å². The Morgan fingerprint density at radius 1 is 1.07 bits per heavy atom. The second-order valence-electron chi connectivity index (χ2n) is 5.58. The van der Waals surface area contributed by atoms with Crippen LogP contribution in [0.3, 0.4) is 0 Å². The van der Waals surface area contributed by atoms with Gasteiger partial charge >= 0.3 is 0 Å². The van der Waals surface area contributed by atoms with Gasteiger partial charge in [-0.15, -0.1) is 11.6 Å². The summed E-state index contributed by atoms with van der Waals surface area (Å²) in [4.78, 5) is 0. The van der Waals surface area contributed by atoms with Gasteiger partial charge in [-0.05, 0) is 30.6 Å². The molecule has 15 heavy (non-hydrogen) atoms. The van der Waals surface area contributed by atoms with E-state index in [-0.39, 0.29) is 0 Å². The number of hydrogen-bond donors (Lipinski definition) is 0. The molecule has 1 unspecified atom stereocenters. The number of alkyl halides is 1. The highest BCUT2D eigenvalue weighted by molar-refractivity contribution is 6.18. The lowest BCUT2D eigenvalue weighted by molar-refractivity contribution is 0.277. The highest BCUT2D eigenvalue weighted by Gasteiger charge is 2.39. The van der Waals surface area contributed by atoms with Crippen molar-refractivity contribution in [2.24, 2.45) is 11.3 Å². The van der Waals surface area contributed by atoms with Crippen molar-refractivity contribution in [3.8, 4) is 0 Å². The largest absolute Gasteiger partial charge is 0.126 e. The van der Waals surface area contributed by atoms with Crippen LogP contribution in [0.5, 0.6) is 0 Å². The molecule has 0 amide bonds. The lowest BCUT2D eigenvalue weighted by atomic mass is 9.81. The molecule has 0 heterocycles. The quantitative estimate of drug-likeness (QED) is 0.368. The number of halogens is 1. The van der Waals surface area contributed by atoms with Crippen LogP contribution in [0.1, 0.15) is 71.6 Å². The molecule has 0 aromatic carbocycles. The minimum Gasteiger partial charge on any atom is -0.126 e. The highest BCUT2D eigenvalue weighted by Crippen LogP contribution is 2.49. The zero-order chi connectivity index (χ0) is 11.1. The lowest BCUT2D eigenvalue weighted by Gasteiger charge is -2.27. The predicted molar refractivity (Wildman–Crippen MR) is 69.5 cm³/mol. The van der Waals surface area contributed by atoms with Gasteiger partial charge in [-0.3, -0.25) is 0 Å². The first-order valence-electron chi connectivity index (χ1n) is 6.79. The first-order valence-corrected chi connectivity index (χ1v) is 7.32. The van der Waals surface area contributed by atoms with E-state index in [9.17, 15) is 0 Å². The van der Waals surface area contributed by atoms with E-state index < -0.39 is 0 Å². The van der Waals surface area contributed by atoms with E-state index in [0.29, 0.717) is 5.41 Å². The smallest absolute Gasteiger partial charge is 0.0280 e. The second-order valence-corrected chi connectivity index (χ2v) is 5.85. The first kappa shape index (κ1) is 13.4. The Hall–Kier alpha value is 0.290. The molecule has 1 rings (SSSR count). The van der Waals surface area contributed by atoms with Crippen molar-refractivity contribution in [2.45, 2.75) is 71.6 Å². The third kappa shape index (κ3) is 4.76. The van der Waals surface area contributed by atoms with E-state index in [0.717, 1.165) is 11.8 Å². The molecule has 1 aliphatic rings. The third-order valence-electron chi connectivity index (χ3n) is 3.97. The van der Waals surface area contributed by atoms with E-state index in [2.05, 4.69) is 13.8 Å². The fourth-order valence-corrected chi connectivity index (χ4v) is 2.82. The van der Waals surface area contributed by atoms with Crippen LogP contribution < -0.4 is 0 Å². The maximum Gasteiger partial charge on any atom is 0.0280 e. The van der Waals surface area contributed by atoms with Crippen LogP contribution in [0, 0.1) is 11.3 Å². The van der Waals surface area contributed by atoms with Gasteiger partial charge in [-0.25, -0.2) is 0 Å². The summed E-state index contributed by atoms with van der Waals surface area (Å²) in [6.07, 6.45) is 12.6. The zero-order valence-corrected chi connectivity index (χ0v) is 11.3. The summed E-state index contributed by atoms with van der Waals surface area (Å²) in [6.45, 7) is 4.67. The van der Waals surface area contributed by atoms with Gasteiger partial charge in [0.2, 0.25) is 0 Å². The molecule has 90 valence electrons. The molecule has 0 nitrogen and oxygen atoms in total. The van der Waals surface area contributed by atoms with Crippen LogP contribution in [-0.4, -0.2) is 5.88 Å². The van der Waals surface area contributed by atoms with Gasteiger partial charge in [0.15, 0.2) is 0 Å². The molecule has 0 aromatic rings. The molecule has 0 bridgehead atoms. The summed E-state index contributed by atoms with van der Waals surface area (Å²) in [5, 5.41) is 0. The van der Waals surface area contributed by atoms with E-state index in [1.807, 2.05) is 0 Å². The van der Waals surface area contributed by atoms with E-state index >= 15 is 0 Å². The maximum absolute atomic E-state index is 6.11. The van der Waals surface area contributed by atoms with Crippen LogP contribution in [0.25, 0.3) is 0 Å². The molecular weight excluding hydrogens is 204 g/mol. The van der Waals surface area contributed by atoms with Crippen LogP contribution in [-0.2, 0) is 0 Å². The van der Waals surface area contributed by atoms with E-state index in [1.54, 1.807) is 0 Å². The fourth-order valence-electron chi connectivity index (χ4n) is 2.47. The van der Waals surface area contributed by atoms with Crippen molar-refractivity contribution < 1.29 is 0 Å². The third-order valence-corrected chi connectivity index (χ3v) is 4.58. The summed E-state index contributed by atoms with van der Waals surface area (Å²) in [5.74, 6) is 1.82. The summed E-state index contributed by atoms with van der Waals surface area (Å²) in [6, 6.07) is 0. The minimum atomic E-state index is 0.465. The van der Waals surface area contributed by atoms with Crippen molar-refractivity contribution in [3.05, 3.63) is 0 Å². The van der Waals surface area contributed by atoms with Crippen LogP contribution in [0.15, 0.2) is 0 Å². The second kappa shape index (κ2) is 6.78. The number of rotatable bonds is 9. The summed E-state index contributed by atoms with van der Waals surface area (Å²) in [5.41, 5.74) is 0.465. The fraction of sp³-hybridized carbons (Fsp3) is 1.00. The maximum atomic E-state index is 6.11. The molecule has 0 spiro atoms. The normalized spacial score (nSPS) is 20.2. The molecule has 1 saturated carbocycles. The summed E-state index contributed by atoms with van der Waals surface area (Å²) in [7, 11) is 0. The molecular formula is C14H27Cl. The van der Waals surface area contributed by atoms with Gasteiger partial charge in [0.1, 0.15) is 0 Å². The average Bonchev–Trinajstić information content (AvgIpc) is 3.07. The van der Waals surface area contributed by atoms with Gasteiger partial charge in [0.25, 0.3) is 0 Å². The topological polar surface area (TPSA) is 0 Å². The van der Waals surface area contributed by atoms with Gasteiger partial charge in [0, 0.05) is 5.88 Å². The van der Waals surface area contributed by atoms with Crippen molar-refractivity contribution in [2.75, 3.05) is 5.88 Å². The molecule has 0 aliphatic heterocycles. The van der Waals surface area contributed by atoms with Crippen molar-refractivity contribution in [1.82, 2.24) is 0 Å². The Kier molecular flexibility index (Phi) is 6.04. The molecule has 1 atom stereocenters. The molecule has 1 aliphatic carbocycles. The predicted octanol–water partition coefficient (Wildman–Crippen LogP) is 5.39. The lowest BCUT2D eigenvalue weighted by Crippen LogP contribution is -2.21. The van der Waals surface area contributed by atoms with E-state index in [1.165, 1.54) is 57.8 Å². The Bertz CT molecular complexity index is 163. The Labute approximate surface area is 101 Å². The Balaban J connectivity index is 2.02. The molecule has 0 saturated heterocycles. The van der Waals surface area contributed by atoms with Crippen LogP contribution >= 0.6 is 11.6 Å². The number of unbranched alkanes of at least 4 members (excludes halogenated alkanes) is 5. The molecule has 1 heteroatoms. The first-order chi connectivity index (χ1) is 7.23.